The molecule has 1 aromatic rings. The molecule has 0 radical (unpaired) electrons. The minimum Gasteiger partial charge on any atom is -0.366 e. The Morgan fingerprint density at radius 2 is 1.88 bits per heavy atom. The van der Waals surface area contributed by atoms with E-state index in [0.717, 1.165) is 37.9 Å². The van der Waals surface area contributed by atoms with E-state index in [2.05, 4.69) is 10.6 Å². The summed E-state index contributed by atoms with van der Waals surface area (Å²) in [5.41, 5.74) is 7.41. The molecule has 2 rings (SSSR count). The van der Waals surface area contributed by atoms with Crippen LogP contribution in [0, 0.1) is 5.92 Å². The largest absolute Gasteiger partial charge is 0.366 e. The van der Waals surface area contributed by atoms with Gasteiger partial charge in [-0.15, -0.1) is 24.8 Å². The van der Waals surface area contributed by atoms with Crippen molar-refractivity contribution in [1.29, 1.82) is 0 Å². The number of nitrogens with two attached hydrogens (primary N) is 1. The van der Waals surface area contributed by atoms with Crippen LogP contribution in [0.2, 0.25) is 0 Å². The SMILES string of the molecule is CN(C)Cc1ccc(C(N)=O)cc1NC(=O)CCC1CCNCC1.Cl.Cl. The van der Waals surface area contributed by atoms with E-state index in [9.17, 15) is 9.59 Å². The quantitative estimate of drug-likeness (QED) is 0.650. The third-order valence-corrected chi connectivity index (χ3v) is 4.39. The third-order valence-electron chi connectivity index (χ3n) is 4.39. The number of rotatable bonds is 7. The first-order chi connectivity index (χ1) is 11.5. The van der Waals surface area contributed by atoms with Crippen molar-refractivity contribution in [1.82, 2.24) is 10.2 Å². The van der Waals surface area contributed by atoms with Crippen LogP contribution in [0.25, 0.3) is 0 Å². The summed E-state index contributed by atoms with van der Waals surface area (Å²) in [6.45, 7) is 2.77. The van der Waals surface area contributed by atoms with E-state index in [1.54, 1.807) is 12.1 Å². The van der Waals surface area contributed by atoms with E-state index >= 15 is 0 Å². The first-order valence-electron chi connectivity index (χ1n) is 8.53. The predicted octanol–water partition coefficient (Wildman–Crippen LogP) is 2.41. The van der Waals surface area contributed by atoms with E-state index in [1.807, 2.05) is 25.1 Å². The highest BCUT2D eigenvalue weighted by atomic mass is 35.5. The Labute approximate surface area is 168 Å². The second-order valence-electron chi connectivity index (χ2n) is 6.75. The van der Waals surface area contributed by atoms with Crippen LogP contribution < -0.4 is 16.4 Å². The number of carbonyl (C=O) groups is 2. The molecule has 2 amide bonds. The highest BCUT2D eigenvalue weighted by molar-refractivity contribution is 5.97. The topological polar surface area (TPSA) is 87.5 Å². The fraction of sp³-hybridized carbons (Fsp3) is 0.556. The number of nitrogens with one attached hydrogen (secondary N) is 2. The summed E-state index contributed by atoms with van der Waals surface area (Å²) < 4.78 is 0. The average molecular weight is 405 g/mol. The molecule has 6 nitrogen and oxygen atoms in total. The van der Waals surface area contributed by atoms with Gasteiger partial charge in [0.15, 0.2) is 0 Å². The standard InChI is InChI=1S/C18H28N4O2.2ClH/c1-22(2)12-15-5-4-14(18(19)24)11-16(15)21-17(23)6-3-13-7-9-20-10-8-13;;/h4-5,11,13,20H,3,6-10,12H2,1-2H3,(H2,19,24)(H,21,23);2*1H. The lowest BCUT2D eigenvalue weighted by Gasteiger charge is -2.22. The molecule has 0 saturated carbocycles. The molecule has 1 heterocycles. The molecule has 0 bridgehead atoms. The van der Waals surface area contributed by atoms with Crippen molar-refractivity contribution in [3.63, 3.8) is 0 Å². The van der Waals surface area contributed by atoms with Crippen LogP contribution in [-0.4, -0.2) is 43.9 Å². The van der Waals surface area contributed by atoms with Gasteiger partial charge in [-0.05, 0) is 70.1 Å². The lowest BCUT2D eigenvalue weighted by Crippen LogP contribution is -2.28. The number of hydrogen-bond donors (Lipinski definition) is 3. The Morgan fingerprint density at radius 3 is 2.46 bits per heavy atom. The number of primary amides is 1. The number of halogens is 2. The van der Waals surface area contributed by atoms with Gasteiger partial charge in [-0.3, -0.25) is 9.59 Å². The number of piperidine rings is 1. The summed E-state index contributed by atoms with van der Waals surface area (Å²) in [5, 5.41) is 6.30. The molecular weight excluding hydrogens is 375 g/mol. The molecule has 4 N–H and O–H groups in total. The number of anilines is 1. The van der Waals surface area contributed by atoms with Gasteiger partial charge in [0.1, 0.15) is 0 Å². The van der Waals surface area contributed by atoms with Crippen molar-refractivity contribution in [2.24, 2.45) is 11.7 Å². The van der Waals surface area contributed by atoms with Gasteiger partial charge in [0.25, 0.3) is 0 Å². The minimum absolute atomic E-state index is 0. The number of benzene rings is 1. The molecule has 0 unspecified atom stereocenters. The fourth-order valence-electron chi connectivity index (χ4n) is 3.04. The maximum absolute atomic E-state index is 12.3. The van der Waals surface area contributed by atoms with Crippen LogP contribution in [0.4, 0.5) is 5.69 Å². The molecule has 1 fully saturated rings. The second kappa shape index (κ2) is 12.1. The zero-order chi connectivity index (χ0) is 17.5. The first-order valence-corrected chi connectivity index (χ1v) is 8.53. The van der Waals surface area contributed by atoms with Gasteiger partial charge in [0.05, 0.1) is 0 Å². The molecule has 8 heteroatoms. The van der Waals surface area contributed by atoms with E-state index < -0.39 is 5.91 Å². The molecule has 1 aliphatic heterocycles. The third kappa shape index (κ3) is 7.91. The smallest absolute Gasteiger partial charge is 0.248 e. The van der Waals surface area contributed by atoms with Gasteiger partial charge in [0.2, 0.25) is 11.8 Å². The van der Waals surface area contributed by atoms with Crippen molar-refractivity contribution in [3.8, 4) is 0 Å². The second-order valence-corrected chi connectivity index (χ2v) is 6.75. The molecule has 148 valence electrons. The maximum atomic E-state index is 12.3. The Balaban J connectivity index is 0.00000312. The summed E-state index contributed by atoms with van der Waals surface area (Å²) in [6, 6.07) is 5.22. The average Bonchev–Trinajstić information content (AvgIpc) is 2.55. The highest BCUT2D eigenvalue weighted by Crippen LogP contribution is 2.21. The normalized spacial score (nSPS) is 14.3. The van der Waals surface area contributed by atoms with Gasteiger partial charge in [-0.2, -0.15) is 0 Å². The van der Waals surface area contributed by atoms with Gasteiger partial charge in [0, 0.05) is 24.2 Å². The summed E-state index contributed by atoms with van der Waals surface area (Å²) in [7, 11) is 3.93. The van der Waals surface area contributed by atoms with Gasteiger partial charge in [-0.1, -0.05) is 6.07 Å². The van der Waals surface area contributed by atoms with Crippen LogP contribution in [0.3, 0.4) is 0 Å². The molecule has 0 atom stereocenters. The van der Waals surface area contributed by atoms with E-state index in [1.165, 1.54) is 0 Å². The van der Waals surface area contributed by atoms with Gasteiger partial charge in [-0.25, -0.2) is 0 Å². The van der Waals surface area contributed by atoms with Crippen molar-refractivity contribution < 1.29 is 9.59 Å². The molecular formula is C18H30Cl2N4O2. The highest BCUT2D eigenvalue weighted by Gasteiger charge is 2.16. The minimum atomic E-state index is -0.489. The first kappa shape index (κ1) is 24.7. The molecule has 1 aliphatic rings. The number of hydrogen-bond acceptors (Lipinski definition) is 4. The molecule has 26 heavy (non-hydrogen) atoms. The Hall–Kier alpha value is -1.34. The van der Waals surface area contributed by atoms with Gasteiger partial charge < -0.3 is 21.3 Å². The van der Waals surface area contributed by atoms with Crippen LogP contribution >= 0.6 is 24.8 Å². The Kier molecular flexibility index (Phi) is 11.5. The van der Waals surface area contributed by atoms with Crippen LogP contribution in [0.1, 0.15) is 41.6 Å². The summed E-state index contributed by atoms with van der Waals surface area (Å²) >= 11 is 0. The summed E-state index contributed by atoms with van der Waals surface area (Å²) in [4.78, 5) is 25.7. The lowest BCUT2D eigenvalue weighted by molar-refractivity contribution is -0.116. The van der Waals surface area contributed by atoms with Crippen LogP contribution in [0.5, 0.6) is 0 Å². The van der Waals surface area contributed by atoms with Crippen LogP contribution in [-0.2, 0) is 11.3 Å². The maximum Gasteiger partial charge on any atom is 0.248 e. The number of amides is 2. The summed E-state index contributed by atoms with van der Waals surface area (Å²) in [6.07, 6.45) is 3.69. The van der Waals surface area contributed by atoms with Crippen LogP contribution in [0.15, 0.2) is 18.2 Å². The number of nitrogens with zero attached hydrogens (tertiary/aromatic N) is 1. The fourth-order valence-corrected chi connectivity index (χ4v) is 3.04. The van der Waals surface area contributed by atoms with E-state index in [-0.39, 0.29) is 30.7 Å². The van der Waals surface area contributed by atoms with E-state index in [0.29, 0.717) is 30.1 Å². The van der Waals surface area contributed by atoms with Gasteiger partial charge >= 0.3 is 0 Å². The summed E-state index contributed by atoms with van der Waals surface area (Å²) in [5.74, 6) is 0.127. The zero-order valence-corrected chi connectivity index (χ0v) is 17.0. The zero-order valence-electron chi connectivity index (χ0n) is 15.4. The van der Waals surface area contributed by atoms with Crippen molar-refractivity contribution >= 4 is 42.3 Å². The molecule has 0 aromatic heterocycles. The Morgan fingerprint density at radius 1 is 1.23 bits per heavy atom. The molecule has 0 aliphatic carbocycles. The lowest BCUT2D eigenvalue weighted by atomic mass is 9.93. The van der Waals surface area contributed by atoms with Crippen molar-refractivity contribution in [2.45, 2.75) is 32.2 Å². The van der Waals surface area contributed by atoms with E-state index in [4.69, 9.17) is 5.73 Å². The molecule has 1 saturated heterocycles. The van der Waals surface area contributed by atoms with Crippen molar-refractivity contribution in [2.75, 3.05) is 32.5 Å². The predicted molar refractivity (Wildman–Crippen MR) is 110 cm³/mol. The number of carbonyl (C=O) groups excluding carboxylic acids is 2. The molecule has 1 aromatic carbocycles. The monoisotopic (exact) mass is 404 g/mol. The molecule has 0 spiro atoms. The Bertz CT molecular complexity index is 591. The van der Waals surface area contributed by atoms with Crippen molar-refractivity contribution in [3.05, 3.63) is 29.3 Å².